The maximum Gasteiger partial charge on any atom is 0.273 e. The minimum atomic E-state index is -0.336. The van der Waals surface area contributed by atoms with E-state index in [1.165, 1.54) is 6.07 Å². The number of nitro benzene ring substituents is 1. The predicted molar refractivity (Wildman–Crippen MR) is 84.7 cm³/mol. The first-order valence-corrected chi connectivity index (χ1v) is 7.69. The van der Waals surface area contributed by atoms with Crippen LogP contribution in [0.3, 0.4) is 0 Å². The van der Waals surface area contributed by atoms with Gasteiger partial charge >= 0.3 is 0 Å². The molecule has 0 spiro atoms. The second-order valence-electron chi connectivity index (χ2n) is 5.74. The van der Waals surface area contributed by atoms with E-state index >= 15 is 0 Å². The first-order valence-electron chi connectivity index (χ1n) is 7.31. The van der Waals surface area contributed by atoms with E-state index in [0.29, 0.717) is 29.2 Å². The first-order chi connectivity index (χ1) is 10.0. The molecule has 0 unspecified atom stereocenters. The summed E-state index contributed by atoms with van der Waals surface area (Å²) in [6.45, 7) is 0.561. The average Bonchev–Trinajstić information content (AvgIpc) is 2.47. The van der Waals surface area contributed by atoms with Crippen LogP contribution in [-0.4, -0.2) is 36.0 Å². The summed E-state index contributed by atoms with van der Waals surface area (Å²) in [5.41, 5.74) is 0.834. The monoisotopic (exact) mass is 311 g/mol. The Bertz CT molecular complexity index is 502. The Morgan fingerprint density at radius 3 is 2.62 bits per heavy atom. The van der Waals surface area contributed by atoms with E-state index in [1.54, 1.807) is 12.1 Å². The number of nitro groups is 1. The van der Waals surface area contributed by atoms with E-state index in [-0.39, 0.29) is 10.6 Å². The van der Waals surface area contributed by atoms with E-state index in [2.05, 4.69) is 10.2 Å². The number of nitrogens with one attached hydrogen (secondary N) is 1. The summed E-state index contributed by atoms with van der Waals surface area (Å²) in [5, 5.41) is 15.0. The van der Waals surface area contributed by atoms with Crippen LogP contribution in [0.4, 0.5) is 5.69 Å². The standard InChI is InChI=1S/C15H22ClN3O2/c1-17-13-4-6-14(7-5-13)18(2)10-11-9-12(16)3-8-15(11)19(20)21/h3,8-9,13-14,17H,4-7,10H2,1-2H3. The predicted octanol–water partition coefficient (Wildman–Crippen LogP) is 3.21. The molecule has 21 heavy (non-hydrogen) atoms. The lowest BCUT2D eigenvalue weighted by molar-refractivity contribution is -0.385. The van der Waals surface area contributed by atoms with Gasteiger partial charge in [-0.3, -0.25) is 15.0 Å². The lowest BCUT2D eigenvalue weighted by Gasteiger charge is -2.34. The van der Waals surface area contributed by atoms with Crippen LogP contribution in [0, 0.1) is 10.1 Å². The molecule has 1 saturated carbocycles. The van der Waals surface area contributed by atoms with Gasteiger partial charge in [-0.05, 0) is 51.9 Å². The average molecular weight is 312 g/mol. The SMILES string of the molecule is CNC1CCC(N(C)Cc2cc(Cl)ccc2[N+](=O)[O-])CC1. The Hall–Kier alpha value is -1.17. The molecule has 5 nitrogen and oxygen atoms in total. The molecule has 0 saturated heterocycles. The van der Waals surface area contributed by atoms with E-state index in [4.69, 9.17) is 11.6 Å². The Labute approximate surface area is 130 Å². The van der Waals surface area contributed by atoms with Crippen molar-refractivity contribution in [1.29, 1.82) is 0 Å². The van der Waals surface area contributed by atoms with E-state index in [1.807, 2.05) is 14.1 Å². The molecule has 116 valence electrons. The number of nitrogens with zero attached hydrogens (tertiary/aromatic N) is 2. The van der Waals surface area contributed by atoms with Crippen molar-refractivity contribution >= 4 is 17.3 Å². The Morgan fingerprint density at radius 1 is 1.38 bits per heavy atom. The fourth-order valence-corrected chi connectivity index (χ4v) is 3.26. The lowest BCUT2D eigenvalue weighted by Crippen LogP contribution is -2.39. The van der Waals surface area contributed by atoms with Crippen molar-refractivity contribution in [3.63, 3.8) is 0 Å². The van der Waals surface area contributed by atoms with Gasteiger partial charge in [0.1, 0.15) is 0 Å². The van der Waals surface area contributed by atoms with Gasteiger partial charge in [0.15, 0.2) is 0 Å². The molecule has 0 heterocycles. The van der Waals surface area contributed by atoms with E-state index in [9.17, 15) is 10.1 Å². The zero-order valence-electron chi connectivity index (χ0n) is 12.5. The van der Waals surface area contributed by atoms with Gasteiger partial charge in [-0.15, -0.1) is 0 Å². The topological polar surface area (TPSA) is 58.4 Å². The smallest absolute Gasteiger partial charge is 0.273 e. The highest BCUT2D eigenvalue weighted by atomic mass is 35.5. The number of rotatable bonds is 5. The summed E-state index contributed by atoms with van der Waals surface area (Å²) in [7, 11) is 4.04. The van der Waals surface area contributed by atoms with Crippen LogP contribution in [0.2, 0.25) is 5.02 Å². The van der Waals surface area contributed by atoms with Gasteiger partial charge < -0.3 is 5.32 Å². The van der Waals surface area contributed by atoms with Gasteiger partial charge in [0, 0.05) is 35.3 Å². The Kier molecular flexibility index (Phi) is 5.56. The molecule has 1 aliphatic carbocycles. The summed E-state index contributed by atoms with van der Waals surface area (Å²) in [4.78, 5) is 13.0. The number of hydrogen-bond donors (Lipinski definition) is 1. The zero-order chi connectivity index (χ0) is 15.4. The van der Waals surface area contributed by atoms with E-state index < -0.39 is 0 Å². The second-order valence-corrected chi connectivity index (χ2v) is 6.18. The maximum absolute atomic E-state index is 11.1. The molecule has 0 amide bonds. The summed E-state index contributed by atoms with van der Waals surface area (Å²) in [5.74, 6) is 0. The third-order valence-electron chi connectivity index (χ3n) is 4.39. The van der Waals surface area contributed by atoms with Gasteiger partial charge in [-0.2, -0.15) is 0 Å². The molecule has 1 aromatic carbocycles. The molecule has 1 aromatic rings. The van der Waals surface area contributed by atoms with Crippen LogP contribution >= 0.6 is 11.6 Å². The highest BCUT2D eigenvalue weighted by Gasteiger charge is 2.24. The number of hydrogen-bond acceptors (Lipinski definition) is 4. The molecule has 1 fully saturated rings. The van der Waals surface area contributed by atoms with Crippen molar-refractivity contribution in [2.45, 2.75) is 44.3 Å². The van der Waals surface area contributed by atoms with Gasteiger partial charge in [0.05, 0.1) is 4.92 Å². The number of halogens is 1. The van der Waals surface area contributed by atoms with Crippen molar-refractivity contribution in [2.24, 2.45) is 0 Å². The fraction of sp³-hybridized carbons (Fsp3) is 0.600. The molecule has 0 radical (unpaired) electrons. The summed E-state index contributed by atoms with van der Waals surface area (Å²) < 4.78 is 0. The molecular weight excluding hydrogens is 290 g/mol. The third-order valence-corrected chi connectivity index (χ3v) is 4.62. The third kappa shape index (κ3) is 4.15. The maximum atomic E-state index is 11.1. The van der Waals surface area contributed by atoms with Crippen molar-refractivity contribution in [3.05, 3.63) is 38.9 Å². The Balaban J connectivity index is 2.04. The van der Waals surface area contributed by atoms with Crippen LogP contribution in [-0.2, 0) is 6.54 Å². The van der Waals surface area contributed by atoms with Gasteiger partial charge in [-0.1, -0.05) is 11.6 Å². The molecule has 0 aliphatic heterocycles. The molecule has 2 rings (SSSR count). The molecule has 0 aromatic heterocycles. The van der Waals surface area contributed by atoms with Crippen molar-refractivity contribution in [1.82, 2.24) is 10.2 Å². The van der Waals surface area contributed by atoms with Gasteiger partial charge in [0.2, 0.25) is 0 Å². The normalized spacial score (nSPS) is 22.5. The first kappa shape index (κ1) is 16.2. The highest BCUT2D eigenvalue weighted by molar-refractivity contribution is 6.30. The molecule has 1 aliphatic rings. The largest absolute Gasteiger partial charge is 0.317 e. The molecular formula is C15H22ClN3O2. The highest BCUT2D eigenvalue weighted by Crippen LogP contribution is 2.27. The van der Waals surface area contributed by atoms with Crippen molar-refractivity contribution in [2.75, 3.05) is 14.1 Å². The van der Waals surface area contributed by atoms with Crippen LogP contribution < -0.4 is 5.32 Å². The zero-order valence-corrected chi connectivity index (χ0v) is 13.3. The van der Waals surface area contributed by atoms with Gasteiger partial charge in [-0.25, -0.2) is 0 Å². The Morgan fingerprint density at radius 2 is 2.05 bits per heavy atom. The van der Waals surface area contributed by atoms with Gasteiger partial charge in [0.25, 0.3) is 5.69 Å². The van der Waals surface area contributed by atoms with Crippen LogP contribution in [0.25, 0.3) is 0 Å². The molecule has 6 heteroatoms. The summed E-state index contributed by atoms with van der Waals surface area (Å²) in [6.07, 6.45) is 4.55. The van der Waals surface area contributed by atoms with Crippen LogP contribution in [0.5, 0.6) is 0 Å². The van der Waals surface area contributed by atoms with Crippen molar-refractivity contribution in [3.8, 4) is 0 Å². The molecule has 1 N–H and O–H groups in total. The van der Waals surface area contributed by atoms with Crippen LogP contribution in [0.1, 0.15) is 31.2 Å². The number of benzene rings is 1. The quantitative estimate of drug-likeness (QED) is 0.670. The fourth-order valence-electron chi connectivity index (χ4n) is 3.06. The minimum absolute atomic E-state index is 0.148. The summed E-state index contributed by atoms with van der Waals surface area (Å²) in [6, 6.07) is 5.85. The summed E-state index contributed by atoms with van der Waals surface area (Å²) >= 11 is 5.98. The van der Waals surface area contributed by atoms with Crippen molar-refractivity contribution < 1.29 is 4.92 Å². The molecule has 0 bridgehead atoms. The molecule has 0 atom stereocenters. The second kappa shape index (κ2) is 7.20. The lowest BCUT2D eigenvalue weighted by atomic mass is 9.90. The van der Waals surface area contributed by atoms with Crippen LogP contribution in [0.15, 0.2) is 18.2 Å². The van der Waals surface area contributed by atoms with E-state index in [0.717, 1.165) is 25.7 Å². The minimum Gasteiger partial charge on any atom is -0.317 e.